The number of carbonyl (C=O) groups is 4. The van der Waals surface area contributed by atoms with Crippen LogP contribution in [-0.4, -0.2) is 53.9 Å². The molecule has 0 saturated carbocycles. The van der Waals surface area contributed by atoms with Crippen molar-refractivity contribution in [2.45, 2.75) is 71.2 Å². The molecule has 0 aliphatic carbocycles. The molecule has 1 unspecified atom stereocenters. The number of rotatable bonds is 6. The van der Waals surface area contributed by atoms with Crippen LogP contribution in [0.15, 0.2) is 42.5 Å². The molecular formula is C29H37N5O5. The molecule has 0 aromatic heterocycles. The molecule has 2 saturated heterocycles. The van der Waals surface area contributed by atoms with E-state index in [9.17, 15) is 19.2 Å². The minimum absolute atomic E-state index is 0.170. The Morgan fingerprint density at radius 1 is 1.05 bits per heavy atom. The van der Waals surface area contributed by atoms with Crippen molar-refractivity contribution in [2.75, 3.05) is 18.4 Å². The molecule has 2 aromatic rings. The zero-order valence-electron chi connectivity index (χ0n) is 22.5. The van der Waals surface area contributed by atoms with Crippen LogP contribution in [0.5, 0.6) is 5.75 Å². The number of piperidine rings is 2. The number of fused-ring (bicyclic) bond motifs is 1. The van der Waals surface area contributed by atoms with Crippen LogP contribution in [0.2, 0.25) is 0 Å². The first-order chi connectivity index (χ1) is 18.9. The zero-order valence-corrected chi connectivity index (χ0v) is 22.5. The highest BCUT2D eigenvalue weighted by molar-refractivity contribution is 6.05. The van der Waals surface area contributed by atoms with Gasteiger partial charge in [0.1, 0.15) is 17.9 Å². The summed E-state index contributed by atoms with van der Waals surface area (Å²) in [4.78, 5) is 50.6. The molecule has 0 spiro atoms. The molecule has 5 rings (SSSR count). The molecule has 2 aromatic carbocycles. The molecular weight excluding hydrogens is 498 g/mol. The van der Waals surface area contributed by atoms with Gasteiger partial charge in [-0.25, -0.2) is 4.79 Å². The lowest BCUT2D eigenvalue weighted by Gasteiger charge is -2.29. The van der Waals surface area contributed by atoms with Gasteiger partial charge in [-0.1, -0.05) is 38.5 Å². The molecule has 10 nitrogen and oxygen atoms in total. The fraction of sp³-hybridized carbons (Fsp3) is 0.448. The lowest BCUT2D eigenvalue weighted by Crippen LogP contribution is -2.52. The monoisotopic (exact) mass is 535 g/mol. The number of nitrogens with zero attached hydrogens (tertiary/aromatic N) is 1. The van der Waals surface area contributed by atoms with E-state index in [0.29, 0.717) is 24.2 Å². The number of urea groups is 1. The van der Waals surface area contributed by atoms with Crippen LogP contribution in [0.1, 0.15) is 67.4 Å². The molecule has 0 radical (unpaired) electrons. The lowest BCUT2D eigenvalue weighted by molar-refractivity contribution is -0.136. The van der Waals surface area contributed by atoms with E-state index in [4.69, 9.17) is 4.74 Å². The first kappa shape index (κ1) is 28.1. The van der Waals surface area contributed by atoms with Crippen LogP contribution in [0.4, 0.5) is 10.5 Å². The minimum Gasteiger partial charge on any atom is -0.490 e. The van der Waals surface area contributed by atoms with Gasteiger partial charge in [-0.15, -0.1) is 0 Å². The van der Waals surface area contributed by atoms with Gasteiger partial charge in [0.25, 0.3) is 5.91 Å². The predicted octanol–water partition coefficient (Wildman–Crippen LogP) is 3.32. The number of benzene rings is 2. The maximum atomic E-state index is 13.0. The first-order valence-electron chi connectivity index (χ1n) is 13.7. The quantitative estimate of drug-likeness (QED) is 0.420. The number of anilines is 1. The molecule has 2 fully saturated rings. The highest BCUT2D eigenvalue weighted by Gasteiger charge is 2.39. The van der Waals surface area contributed by atoms with Gasteiger partial charge in [0, 0.05) is 36.8 Å². The zero-order chi connectivity index (χ0) is 27.8. The van der Waals surface area contributed by atoms with Crippen molar-refractivity contribution in [3.05, 3.63) is 59.2 Å². The maximum Gasteiger partial charge on any atom is 0.319 e. The summed E-state index contributed by atoms with van der Waals surface area (Å²) in [7, 11) is 0. The fourth-order valence-electron chi connectivity index (χ4n) is 4.82. The predicted molar refractivity (Wildman–Crippen MR) is 147 cm³/mol. The van der Waals surface area contributed by atoms with Gasteiger partial charge in [-0.3, -0.25) is 19.7 Å². The Balaban J connectivity index is 0.00000112. The fourth-order valence-corrected chi connectivity index (χ4v) is 4.82. The summed E-state index contributed by atoms with van der Waals surface area (Å²) >= 11 is 0. The smallest absolute Gasteiger partial charge is 0.319 e. The molecule has 3 heterocycles. The average Bonchev–Trinajstić information content (AvgIpc) is 3.24. The topological polar surface area (TPSA) is 129 Å². The van der Waals surface area contributed by atoms with Gasteiger partial charge in [0.2, 0.25) is 11.8 Å². The summed E-state index contributed by atoms with van der Waals surface area (Å²) in [6, 6.07) is 11.7. The van der Waals surface area contributed by atoms with E-state index in [2.05, 4.69) is 35.1 Å². The first-order valence-corrected chi connectivity index (χ1v) is 13.7. The van der Waals surface area contributed by atoms with E-state index in [1.54, 1.807) is 18.2 Å². The molecule has 3 aliphatic rings. The van der Waals surface area contributed by atoms with Gasteiger partial charge in [0.15, 0.2) is 0 Å². The molecule has 4 N–H and O–H groups in total. The van der Waals surface area contributed by atoms with Crippen LogP contribution in [0.25, 0.3) is 0 Å². The highest BCUT2D eigenvalue weighted by atomic mass is 16.5. The molecule has 10 heteroatoms. The van der Waals surface area contributed by atoms with Crippen molar-refractivity contribution in [1.82, 2.24) is 20.9 Å². The Morgan fingerprint density at radius 3 is 2.56 bits per heavy atom. The number of hydrogen-bond donors (Lipinski definition) is 4. The number of nitrogens with one attached hydrogen (secondary N) is 4. The van der Waals surface area contributed by atoms with Crippen LogP contribution in [-0.2, 0) is 22.7 Å². The van der Waals surface area contributed by atoms with Crippen molar-refractivity contribution < 1.29 is 23.9 Å². The third-order valence-corrected chi connectivity index (χ3v) is 6.73. The van der Waals surface area contributed by atoms with Crippen molar-refractivity contribution in [3.8, 4) is 5.75 Å². The Hall–Kier alpha value is -3.92. The van der Waals surface area contributed by atoms with E-state index in [1.807, 2.05) is 24.3 Å². The maximum absolute atomic E-state index is 13.0. The second-order valence-corrected chi connectivity index (χ2v) is 10.0. The largest absolute Gasteiger partial charge is 0.490 e. The summed E-state index contributed by atoms with van der Waals surface area (Å²) < 4.78 is 6.03. The van der Waals surface area contributed by atoms with Crippen LogP contribution in [0, 0.1) is 0 Å². The van der Waals surface area contributed by atoms with Crippen LogP contribution >= 0.6 is 0 Å². The second-order valence-electron chi connectivity index (χ2n) is 10.0. The summed E-state index contributed by atoms with van der Waals surface area (Å²) in [5.41, 5.74) is 2.74. The normalized spacial score (nSPS) is 19.0. The molecule has 0 bridgehead atoms. The van der Waals surface area contributed by atoms with Crippen LogP contribution in [0.3, 0.4) is 0 Å². The van der Waals surface area contributed by atoms with Gasteiger partial charge >= 0.3 is 6.03 Å². The summed E-state index contributed by atoms with van der Waals surface area (Å²) in [5.74, 6) is -0.266. The van der Waals surface area contributed by atoms with E-state index in [1.165, 1.54) is 11.3 Å². The SMILES string of the molecule is CCC.O=C1CCC(N2Cc3ccc(CNC(=O)Nc4cccc(OC5CCNCC5)c4)cc3C2=O)C(=O)N1. The van der Waals surface area contributed by atoms with E-state index >= 15 is 0 Å². The lowest BCUT2D eigenvalue weighted by atomic mass is 10.0. The van der Waals surface area contributed by atoms with Crippen molar-refractivity contribution >= 4 is 29.4 Å². The third kappa shape index (κ3) is 7.35. The van der Waals surface area contributed by atoms with E-state index < -0.39 is 11.9 Å². The Morgan fingerprint density at radius 2 is 1.82 bits per heavy atom. The minimum atomic E-state index is -0.649. The van der Waals surface area contributed by atoms with E-state index in [-0.39, 0.29) is 36.9 Å². The highest BCUT2D eigenvalue weighted by Crippen LogP contribution is 2.28. The van der Waals surface area contributed by atoms with E-state index in [0.717, 1.165) is 42.8 Å². The number of imide groups is 1. The summed E-state index contributed by atoms with van der Waals surface area (Å²) in [5, 5.41) is 11.2. The van der Waals surface area contributed by atoms with Crippen molar-refractivity contribution in [3.63, 3.8) is 0 Å². The number of ether oxygens (including phenoxy) is 1. The number of carbonyl (C=O) groups excluding carboxylic acids is 4. The average molecular weight is 536 g/mol. The molecule has 208 valence electrons. The van der Waals surface area contributed by atoms with Gasteiger partial charge in [-0.2, -0.15) is 0 Å². The Labute approximate surface area is 228 Å². The van der Waals surface area contributed by atoms with Crippen molar-refractivity contribution in [2.24, 2.45) is 0 Å². The number of hydrogen-bond acceptors (Lipinski definition) is 6. The van der Waals surface area contributed by atoms with Crippen molar-refractivity contribution in [1.29, 1.82) is 0 Å². The Bertz CT molecular complexity index is 1210. The molecule has 5 amide bonds. The summed E-state index contributed by atoms with van der Waals surface area (Å²) in [6.07, 6.45) is 3.86. The van der Waals surface area contributed by atoms with Gasteiger partial charge < -0.3 is 25.6 Å². The Kier molecular flexibility index (Phi) is 9.54. The number of amides is 5. The summed E-state index contributed by atoms with van der Waals surface area (Å²) in [6.45, 7) is 6.68. The second kappa shape index (κ2) is 13.2. The van der Waals surface area contributed by atoms with Crippen LogP contribution < -0.4 is 26.0 Å². The van der Waals surface area contributed by atoms with Gasteiger partial charge in [0.05, 0.1) is 0 Å². The standard InChI is InChI=1S/C26H29N5O5.C3H8/c32-23-7-6-22(24(33)30-23)31-15-17-5-4-16(12-21(17)25(31)34)14-28-26(35)29-18-2-1-3-20(13-18)36-19-8-10-27-11-9-19;1-3-2/h1-5,12-13,19,22,27H,6-11,14-15H2,(H2,28,29,35)(H,30,32,33);3H2,1-2H3. The molecule has 3 aliphatic heterocycles. The third-order valence-electron chi connectivity index (χ3n) is 6.73. The molecule has 39 heavy (non-hydrogen) atoms. The van der Waals surface area contributed by atoms with Gasteiger partial charge in [-0.05, 0) is 61.7 Å². The molecule has 1 atom stereocenters.